The van der Waals surface area contributed by atoms with E-state index in [1.54, 1.807) is 6.20 Å². The summed E-state index contributed by atoms with van der Waals surface area (Å²) in [6.45, 7) is 0. The molecule has 0 fully saturated rings. The zero-order chi connectivity index (χ0) is 25.4. The molecule has 0 atom stereocenters. The highest BCUT2D eigenvalue weighted by Gasteiger charge is 2.19. The summed E-state index contributed by atoms with van der Waals surface area (Å²) in [5.41, 5.74) is 8.11. The third-order valence-electron chi connectivity index (χ3n) is 6.61. The van der Waals surface area contributed by atoms with Crippen molar-refractivity contribution in [1.29, 1.82) is 5.26 Å². The number of phenols is 1. The molecule has 4 aromatic carbocycles. The Morgan fingerprint density at radius 2 is 1.46 bits per heavy atom. The molecule has 6 rings (SSSR count). The molecule has 0 bridgehead atoms. The summed E-state index contributed by atoms with van der Waals surface area (Å²) in [5, 5.41) is 21.0. The number of hydrogen-bond donors (Lipinski definition) is 1. The van der Waals surface area contributed by atoms with Gasteiger partial charge in [-0.15, -0.1) is 0 Å². The maximum absolute atomic E-state index is 11.3. The maximum Gasteiger partial charge on any atom is 0.144 e. The number of aromatic hydroxyl groups is 1. The largest absolute Gasteiger partial charge is 0.507 e. The summed E-state index contributed by atoms with van der Waals surface area (Å²) >= 11 is 0. The molecule has 1 N–H and O–H groups in total. The Morgan fingerprint density at radius 3 is 2.24 bits per heavy atom. The predicted molar refractivity (Wildman–Crippen MR) is 147 cm³/mol. The lowest BCUT2D eigenvalue weighted by Gasteiger charge is -2.10. The van der Waals surface area contributed by atoms with Gasteiger partial charge in [0.05, 0.1) is 33.9 Å². The number of hydrogen-bond acceptors (Lipinski definition) is 4. The number of fused-ring (bicyclic) bond motifs is 1. The smallest absolute Gasteiger partial charge is 0.144 e. The molecule has 0 aliphatic carbocycles. The minimum absolute atomic E-state index is 0.192. The van der Waals surface area contributed by atoms with Crippen molar-refractivity contribution in [1.82, 2.24) is 14.5 Å². The molecule has 0 saturated heterocycles. The first-order valence-corrected chi connectivity index (χ1v) is 11.9. The van der Waals surface area contributed by atoms with Crippen LogP contribution in [0.1, 0.15) is 5.56 Å². The van der Waals surface area contributed by atoms with Crippen LogP contribution in [-0.4, -0.2) is 19.6 Å². The zero-order valence-electron chi connectivity index (χ0n) is 20.1. The Hall–Kier alpha value is -5.21. The number of rotatable bonds is 4. The topological polar surface area (TPSA) is 74.7 Å². The lowest BCUT2D eigenvalue weighted by Crippen LogP contribution is -1.93. The Bertz CT molecular complexity index is 1800. The summed E-state index contributed by atoms with van der Waals surface area (Å²) in [6.07, 6.45) is 1.75. The summed E-state index contributed by atoms with van der Waals surface area (Å²) < 4.78 is 2.00. The first kappa shape index (κ1) is 22.3. The summed E-state index contributed by atoms with van der Waals surface area (Å²) in [7, 11) is 1.95. The Labute approximate surface area is 214 Å². The molecule has 176 valence electrons. The van der Waals surface area contributed by atoms with E-state index in [4.69, 9.17) is 4.98 Å². The number of phenolic OH excluding ortho intramolecular Hbond substituents is 1. The quantitative estimate of drug-likeness (QED) is 0.290. The molecule has 0 radical (unpaired) electrons. The number of para-hydroxylation sites is 2. The van der Waals surface area contributed by atoms with Gasteiger partial charge < -0.3 is 9.67 Å². The van der Waals surface area contributed by atoms with Crippen LogP contribution in [0.5, 0.6) is 5.75 Å². The van der Waals surface area contributed by atoms with Gasteiger partial charge in [0.15, 0.2) is 0 Å². The van der Waals surface area contributed by atoms with Crippen LogP contribution < -0.4 is 0 Å². The number of imidazole rings is 1. The SMILES string of the molecule is Cn1c(-c2cccc(-c3ccccc3)c2O)nc2c(-c3cc(C#N)cc(-c4ccccn4)c3)cccc21. The molecule has 0 aliphatic rings. The lowest BCUT2D eigenvalue weighted by atomic mass is 9.97. The zero-order valence-corrected chi connectivity index (χ0v) is 20.1. The van der Waals surface area contributed by atoms with Crippen molar-refractivity contribution in [2.75, 3.05) is 0 Å². The number of aromatic nitrogens is 3. The van der Waals surface area contributed by atoms with Gasteiger partial charge in [0, 0.05) is 29.9 Å². The maximum atomic E-state index is 11.3. The van der Waals surface area contributed by atoms with E-state index in [1.807, 2.05) is 115 Å². The first-order chi connectivity index (χ1) is 18.1. The molecule has 37 heavy (non-hydrogen) atoms. The second-order valence-corrected chi connectivity index (χ2v) is 8.86. The molecule has 6 aromatic rings. The van der Waals surface area contributed by atoms with Crippen LogP contribution in [0.3, 0.4) is 0 Å². The van der Waals surface area contributed by atoms with Gasteiger partial charge in [0.1, 0.15) is 11.6 Å². The monoisotopic (exact) mass is 478 g/mol. The van der Waals surface area contributed by atoms with Crippen LogP contribution in [-0.2, 0) is 7.05 Å². The average Bonchev–Trinajstić information content (AvgIpc) is 3.30. The van der Waals surface area contributed by atoms with Crippen molar-refractivity contribution < 1.29 is 5.11 Å². The highest BCUT2D eigenvalue weighted by atomic mass is 16.3. The second-order valence-electron chi connectivity index (χ2n) is 8.86. The van der Waals surface area contributed by atoms with Crippen LogP contribution in [0.2, 0.25) is 0 Å². The molecule has 2 aromatic heterocycles. The highest BCUT2D eigenvalue weighted by molar-refractivity contribution is 5.96. The van der Waals surface area contributed by atoms with Crippen LogP contribution in [0.25, 0.3) is 55.9 Å². The van der Waals surface area contributed by atoms with Gasteiger partial charge in [-0.05, 0) is 53.6 Å². The fourth-order valence-corrected chi connectivity index (χ4v) is 4.79. The molecule has 0 unspecified atom stereocenters. The van der Waals surface area contributed by atoms with Gasteiger partial charge >= 0.3 is 0 Å². The van der Waals surface area contributed by atoms with Gasteiger partial charge in [0.25, 0.3) is 0 Å². The summed E-state index contributed by atoms with van der Waals surface area (Å²) in [4.78, 5) is 9.48. The average molecular weight is 479 g/mol. The molecule has 0 aliphatic heterocycles. The molecular weight excluding hydrogens is 456 g/mol. The third kappa shape index (κ3) is 3.91. The van der Waals surface area contributed by atoms with E-state index >= 15 is 0 Å². The van der Waals surface area contributed by atoms with Gasteiger partial charge in [-0.1, -0.05) is 60.7 Å². The second kappa shape index (κ2) is 9.10. The van der Waals surface area contributed by atoms with E-state index < -0.39 is 0 Å². The van der Waals surface area contributed by atoms with E-state index in [2.05, 4.69) is 11.1 Å². The van der Waals surface area contributed by atoms with Gasteiger partial charge in [-0.2, -0.15) is 5.26 Å². The van der Waals surface area contributed by atoms with Crippen LogP contribution in [0, 0.1) is 11.3 Å². The molecule has 0 spiro atoms. The van der Waals surface area contributed by atoms with Crippen molar-refractivity contribution in [2.24, 2.45) is 7.05 Å². The Kier molecular flexibility index (Phi) is 5.48. The minimum atomic E-state index is 0.192. The normalized spacial score (nSPS) is 10.9. The molecule has 0 amide bonds. The number of nitrogens with zero attached hydrogens (tertiary/aromatic N) is 4. The van der Waals surface area contributed by atoms with Crippen LogP contribution in [0.4, 0.5) is 0 Å². The first-order valence-electron chi connectivity index (χ1n) is 11.9. The fourth-order valence-electron chi connectivity index (χ4n) is 4.79. The van der Waals surface area contributed by atoms with E-state index in [-0.39, 0.29) is 5.75 Å². The van der Waals surface area contributed by atoms with Crippen molar-refractivity contribution in [3.05, 3.63) is 115 Å². The summed E-state index contributed by atoms with van der Waals surface area (Å²) in [6, 6.07) is 35.4. The van der Waals surface area contributed by atoms with E-state index in [1.165, 1.54) is 0 Å². The molecule has 5 nitrogen and oxygen atoms in total. The van der Waals surface area contributed by atoms with Crippen LogP contribution in [0.15, 0.2) is 109 Å². The molecule has 2 heterocycles. The Balaban J connectivity index is 1.53. The highest BCUT2D eigenvalue weighted by Crippen LogP contribution is 2.40. The number of pyridine rings is 1. The van der Waals surface area contributed by atoms with Crippen LogP contribution >= 0.6 is 0 Å². The van der Waals surface area contributed by atoms with E-state index in [9.17, 15) is 10.4 Å². The van der Waals surface area contributed by atoms with Gasteiger partial charge in [-0.3, -0.25) is 4.98 Å². The number of nitriles is 1. The van der Waals surface area contributed by atoms with E-state index in [0.717, 1.165) is 44.5 Å². The molecule has 5 heteroatoms. The van der Waals surface area contributed by atoms with Gasteiger partial charge in [-0.25, -0.2) is 4.98 Å². The van der Waals surface area contributed by atoms with Crippen molar-refractivity contribution in [3.8, 4) is 56.7 Å². The number of aryl methyl sites for hydroxylation is 1. The molecular formula is C32H22N4O. The number of benzene rings is 4. The molecule has 0 saturated carbocycles. The predicted octanol–water partition coefficient (Wildman–Crippen LogP) is 7.21. The Morgan fingerprint density at radius 1 is 0.730 bits per heavy atom. The third-order valence-corrected chi connectivity index (χ3v) is 6.61. The lowest BCUT2D eigenvalue weighted by molar-refractivity contribution is 0.478. The van der Waals surface area contributed by atoms with Crippen molar-refractivity contribution in [3.63, 3.8) is 0 Å². The van der Waals surface area contributed by atoms with Gasteiger partial charge in [0.2, 0.25) is 0 Å². The van der Waals surface area contributed by atoms with Crippen molar-refractivity contribution >= 4 is 11.0 Å². The fraction of sp³-hybridized carbons (Fsp3) is 0.0312. The minimum Gasteiger partial charge on any atom is -0.507 e. The van der Waals surface area contributed by atoms with E-state index in [0.29, 0.717) is 17.0 Å². The van der Waals surface area contributed by atoms with Crippen molar-refractivity contribution in [2.45, 2.75) is 0 Å². The standard InChI is InChI=1S/C32H22N4O/c1-36-29-15-8-11-25(23-17-21(20-33)18-24(19-23)28-14-5-6-16-34-28)30(29)35-32(36)27-13-7-12-26(31(27)37)22-9-3-2-4-10-22/h2-19,37H,1H3. The summed E-state index contributed by atoms with van der Waals surface area (Å²) in [5.74, 6) is 0.858.